The van der Waals surface area contributed by atoms with Gasteiger partial charge in [-0.25, -0.2) is 4.31 Å². The quantitative estimate of drug-likeness (QED) is 0.592. The average Bonchev–Trinajstić information content (AvgIpc) is 2.85. The normalized spacial score (nSPS) is 18.7. The highest BCUT2D eigenvalue weighted by Crippen LogP contribution is 2.30. The van der Waals surface area contributed by atoms with Gasteiger partial charge in [0.2, 0.25) is 0 Å². The number of carboxylic acids is 1. The highest BCUT2D eigenvalue weighted by Gasteiger charge is 2.19. The zero-order valence-electron chi connectivity index (χ0n) is 17.2. The molecular weight excluding hydrogens is 404 g/mol. The highest BCUT2D eigenvalue weighted by atomic mass is 35.5. The lowest BCUT2D eigenvalue weighted by Gasteiger charge is -2.34. The molecule has 0 unspecified atom stereocenters. The fourth-order valence-corrected chi connectivity index (χ4v) is 4.88. The number of aliphatic carboxylic acids is 1. The van der Waals surface area contributed by atoms with Crippen LogP contribution in [0.5, 0.6) is 0 Å². The average molecular weight is 433 g/mol. The van der Waals surface area contributed by atoms with E-state index in [9.17, 15) is 4.79 Å². The molecule has 0 atom stereocenters. The van der Waals surface area contributed by atoms with Crippen molar-refractivity contribution >= 4 is 29.5 Å². The van der Waals surface area contributed by atoms with E-state index >= 15 is 0 Å². The van der Waals surface area contributed by atoms with Crippen molar-refractivity contribution in [2.75, 3.05) is 26.2 Å². The van der Waals surface area contributed by atoms with Gasteiger partial charge in [0.25, 0.3) is 0 Å². The summed E-state index contributed by atoms with van der Waals surface area (Å²) in [5.74, 6) is -0.774. The molecule has 0 bridgehead atoms. The van der Waals surface area contributed by atoms with Gasteiger partial charge in [0, 0.05) is 42.7 Å². The van der Waals surface area contributed by atoms with E-state index in [2.05, 4.69) is 40.4 Å². The molecule has 0 saturated carbocycles. The molecule has 1 aliphatic heterocycles. The molecule has 1 aliphatic carbocycles. The van der Waals surface area contributed by atoms with Gasteiger partial charge in [0.15, 0.2) is 0 Å². The fourth-order valence-electron chi connectivity index (χ4n) is 3.63. The van der Waals surface area contributed by atoms with Crippen molar-refractivity contribution in [3.8, 4) is 0 Å². The Hall–Kier alpha value is -1.53. The number of halogens is 1. The van der Waals surface area contributed by atoms with Gasteiger partial charge in [0.1, 0.15) is 0 Å². The van der Waals surface area contributed by atoms with E-state index in [0.29, 0.717) is 0 Å². The molecule has 1 heterocycles. The zero-order valence-corrected chi connectivity index (χ0v) is 18.7. The van der Waals surface area contributed by atoms with Crippen molar-refractivity contribution in [3.63, 3.8) is 0 Å². The summed E-state index contributed by atoms with van der Waals surface area (Å²) in [4.78, 5) is 14.8. The molecule has 0 amide bonds. The van der Waals surface area contributed by atoms with Crippen molar-refractivity contribution in [1.82, 2.24) is 9.21 Å². The zero-order chi connectivity index (χ0) is 20.8. The lowest BCUT2D eigenvalue weighted by atomic mass is 10.0. The molecule has 0 aromatic heterocycles. The summed E-state index contributed by atoms with van der Waals surface area (Å²) in [7, 11) is 0. The number of aryl methyl sites for hydroxylation is 1. The van der Waals surface area contributed by atoms with Crippen LogP contribution in [0.3, 0.4) is 0 Å². The smallest absolute Gasteiger partial charge is 0.307 e. The minimum Gasteiger partial charge on any atom is -0.481 e. The fraction of sp³-hybridized carbons (Fsp3) is 0.435. The number of hydrogen-bond acceptors (Lipinski definition) is 4. The molecule has 3 rings (SSSR count). The predicted molar refractivity (Wildman–Crippen MR) is 122 cm³/mol. The molecule has 1 aromatic rings. The van der Waals surface area contributed by atoms with Crippen molar-refractivity contribution in [3.05, 3.63) is 68.6 Å². The van der Waals surface area contributed by atoms with Crippen LogP contribution in [0.2, 0.25) is 5.02 Å². The van der Waals surface area contributed by atoms with Crippen LogP contribution in [0.4, 0.5) is 0 Å². The minimum absolute atomic E-state index is 0.0895. The molecule has 156 valence electrons. The van der Waals surface area contributed by atoms with Crippen LogP contribution < -0.4 is 0 Å². The second kappa shape index (κ2) is 10.5. The Morgan fingerprint density at radius 2 is 2.00 bits per heavy atom. The van der Waals surface area contributed by atoms with Gasteiger partial charge in [-0.05, 0) is 60.6 Å². The molecule has 29 heavy (non-hydrogen) atoms. The van der Waals surface area contributed by atoms with Gasteiger partial charge in [-0.15, -0.1) is 0 Å². The number of allylic oxidation sites excluding steroid dienone is 4. The van der Waals surface area contributed by atoms with Gasteiger partial charge in [-0.3, -0.25) is 9.69 Å². The van der Waals surface area contributed by atoms with Crippen LogP contribution in [0, 0.1) is 0 Å². The maximum absolute atomic E-state index is 11.2. The minimum atomic E-state index is -0.774. The third kappa shape index (κ3) is 6.48. The standard InChI is InChI=1S/C23H29ClN2O2S/c1-3-19-13-18(7-8-22(19)24)16-25-9-11-26(12-10-25)29-21-6-4-5-17(2)20(14-21)15-23(27)28/h4,6-8,13-14H,3,5,9-12,15-16H2,1-2H3,(H,27,28). The number of piperazine rings is 1. The summed E-state index contributed by atoms with van der Waals surface area (Å²) in [6.45, 7) is 9.12. The topological polar surface area (TPSA) is 43.8 Å². The SMILES string of the molecule is CCc1cc(CN2CCN(SC3=CC(CC(=O)O)=C(C)CC=C3)CC2)ccc1Cl. The Bertz CT molecular complexity index is 839. The summed E-state index contributed by atoms with van der Waals surface area (Å²) in [5.41, 5.74) is 4.60. The molecule has 1 aromatic carbocycles. The summed E-state index contributed by atoms with van der Waals surface area (Å²) in [6.07, 6.45) is 8.16. The van der Waals surface area contributed by atoms with E-state index in [0.717, 1.165) is 66.6 Å². The van der Waals surface area contributed by atoms with Gasteiger partial charge in [0.05, 0.1) is 6.42 Å². The van der Waals surface area contributed by atoms with Crippen LogP contribution >= 0.6 is 23.5 Å². The van der Waals surface area contributed by atoms with Crippen LogP contribution in [0.25, 0.3) is 0 Å². The number of rotatable bonds is 7. The third-order valence-corrected chi connectivity index (χ3v) is 6.83. The number of carboxylic acid groups (broad SMARTS) is 1. The van der Waals surface area contributed by atoms with Crippen molar-refractivity contribution in [2.24, 2.45) is 0 Å². The number of carbonyl (C=O) groups is 1. The van der Waals surface area contributed by atoms with Crippen LogP contribution in [-0.2, 0) is 17.8 Å². The molecule has 0 radical (unpaired) electrons. The van der Waals surface area contributed by atoms with Gasteiger partial charge in [-0.2, -0.15) is 0 Å². The van der Waals surface area contributed by atoms with Crippen molar-refractivity contribution in [2.45, 2.75) is 39.7 Å². The molecule has 2 aliphatic rings. The molecule has 1 fully saturated rings. The second-order valence-electron chi connectivity index (χ2n) is 7.61. The predicted octanol–water partition coefficient (Wildman–Crippen LogP) is 5.30. The van der Waals surface area contributed by atoms with Crippen LogP contribution in [0.15, 0.2) is 52.5 Å². The van der Waals surface area contributed by atoms with Crippen LogP contribution in [0.1, 0.15) is 37.8 Å². The Labute approximate surface area is 183 Å². The number of nitrogens with zero attached hydrogens (tertiary/aromatic N) is 2. The summed E-state index contributed by atoms with van der Waals surface area (Å²) in [5, 5.41) is 10.0. The van der Waals surface area contributed by atoms with Gasteiger partial charge < -0.3 is 5.11 Å². The Morgan fingerprint density at radius 1 is 1.24 bits per heavy atom. The number of benzene rings is 1. The maximum Gasteiger partial charge on any atom is 0.307 e. The van der Waals surface area contributed by atoms with E-state index < -0.39 is 5.97 Å². The molecule has 4 nitrogen and oxygen atoms in total. The van der Waals surface area contributed by atoms with Crippen molar-refractivity contribution < 1.29 is 9.90 Å². The van der Waals surface area contributed by atoms with E-state index in [1.807, 2.05) is 19.1 Å². The molecular formula is C23H29ClN2O2S. The second-order valence-corrected chi connectivity index (χ2v) is 9.18. The molecule has 0 spiro atoms. The molecule has 1 N–H and O–H groups in total. The summed E-state index contributed by atoms with van der Waals surface area (Å²) >= 11 is 7.98. The van der Waals surface area contributed by atoms with E-state index in [-0.39, 0.29) is 6.42 Å². The Kier molecular flexibility index (Phi) is 8.01. The van der Waals surface area contributed by atoms with Crippen molar-refractivity contribution in [1.29, 1.82) is 0 Å². The first-order valence-electron chi connectivity index (χ1n) is 10.2. The van der Waals surface area contributed by atoms with Crippen LogP contribution in [-0.4, -0.2) is 46.5 Å². The lowest BCUT2D eigenvalue weighted by Crippen LogP contribution is -2.42. The third-order valence-electron chi connectivity index (χ3n) is 5.38. The maximum atomic E-state index is 11.2. The van der Waals surface area contributed by atoms with E-state index in [1.165, 1.54) is 11.1 Å². The molecule has 1 saturated heterocycles. The van der Waals surface area contributed by atoms with E-state index in [1.54, 1.807) is 11.9 Å². The summed E-state index contributed by atoms with van der Waals surface area (Å²) < 4.78 is 2.38. The Balaban J connectivity index is 1.55. The lowest BCUT2D eigenvalue weighted by molar-refractivity contribution is -0.136. The molecule has 6 heteroatoms. The highest BCUT2D eigenvalue weighted by molar-refractivity contribution is 8.01. The monoisotopic (exact) mass is 432 g/mol. The van der Waals surface area contributed by atoms with E-state index in [4.69, 9.17) is 16.7 Å². The van der Waals surface area contributed by atoms with Gasteiger partial charge >= 0.3 is 5.97 Å². The number of hydrogen-bond donors (Lipinski definition) is 1. The first-order chi connectivity index (χ1) is 13.9. The summed E-state index contributed by atoms with van der Waals surface area (Å²) in [6, 6.07) is 6.36. The van der Waals surface area contributed by atoms with Gasteiger partial charge in [-0.1, -0.05) is 48.4 Å². The largest absolute Gasteiger partial charge is 0.481 e. The first kappa shape index (κ1) is 22.2. The first-order valence-corrected chi connectivity index (χ1v) is 11.3. The Morgan fingerprint density at radius 3 is 2.69 bits per heavy atom.